The number of carbonyl (C=O) groups excluding carboxylic acids is 5. The Kier molecular flexibility index (Phi) is 13.2. The first-order chi connectivity index (χ1) is 18.7. The lowest BCUT2D eigenvalue weighted by Crippen LogP contribution is -2.61. The highest BCUT2D eigenvalue weighted by molar-refractivity contribution is 6.21. The molecule has 0 saturated carbocycles. The molecule has 9 atom stereocenters. The quantitative estimate of drug-likeness (QED) is 0.172. The van der Waals surface area contributed by atoms with E-state index in [1.807, 2.05) is 0 Å². The standard InChI is InChI=1S/C24H33Cl3O13/c1-11(28)34-8-17-19(27)22(37-14(4)31)20(35-12(2)29)18(39-17)7-33-10-24(9-26)23(38-15(5)32)21(36-13(3)30)16(6-25)40-24/h16-23H,6-10H2,1-5H3/t16-,17+,18-,19-,20+,21+,22+,23+,24+/m1/s1. The average Bonchev–Trinajstić information content (AvgIpc) is 3.13. The van der Waals surface area contributed by atoms with E-state index in [9.17, 15) is 24.0 Å². The van der Waals surface area contributed by atoms with Gasteiger partial charge in [-0.1, -0.05) is 0 Å². The second-order valence-electron chi connectivity index (χ2n) is 9.24. The van der Waals surface area contributed by atoms with Crippen molar-refractivity contribution in [3.63, 3.8) is 0 Å². The predicted molar refractivity (Wildman–Crippen MR) is 137 cm³/mol. The number of ether oxygens (including phenoxy) is 8. The minimum atomic E-state index is -1.50. The van der Waals surface area contributed by atoms with Crippen molar-refractivity contribution in [3.05, 3.63) is 0 Å². The van der Waals surface area contributed by atoms with Crippen LogP contribution in [0.4, 0.5) is 0 Å². The number of hydrogen-bond acceptors (Lipinski definition) is 13. The van der Waals surface area contributed by atoms with Crippen molar-refractivity contribution in [1.82, 2.24) is 0 Å². The smallest absolute Gasteiger partial charge is 0.303 e. The molecule has 2 aliphatic rings. The Bertz CT molecular complexity index is 934. The van der Waals surface area contributed by atoms with E-state index in [0.717, 1.165) is 13.8 Å². The summed E-state index contributed by atoms with van der Waals surface area (Å²) in [6.45, 7) is 4.95. The minimum Gasteiger partial charge on any atom is -0.463 e. The van der Waals surface area contributed by atoms with Gasteiger partial charge >= 0.3 is 29.8 Å². The molecule has 2 saturated heterocycles. The molecule has 0 unspecified atom stereocenters. The van der Waals surface area contributed by atoms with Gasteiger partial charge in [-0.3, -0.25) is 24.0 Å². The van der Waals surface area contributed by atoms with Crippen molar-refractivity contribution >= 4 is 64.6 Å². The highest BCUT2D eigenvalue weighted by Gasteiger charge is 2.59. The summed E-state index contributed by atoms with van der Waals surface area (Å²) in [5.41, 5.74) is -1.50. The maximum absolute atomic E-state index is 11.9. The van der Waals surface area contributed by atoms with Crippen LogP contribution < -0.4 is 0 Å². The van der Waals surface area contributed by atoms with Crippen LogP contribution in [0.25, 0.3) is 0 Å². The summed E-state index contributed by atoms with van der Waals surface area (Å²) < 4.78 is 44.4. The normalized spacial score (nSPS) is 33.5. The van der Waals surface area contributed by atoms with Crippen LogP contribution in [0.15, 0.2) is 0 Å². The van der Waals surface area contributed by atoms with Crippen LogP contribution in [-0.2, 0) is 61.9 Å². The zero-order chi connectivity index (χ0) is 30.2. The van der Waals surface area contributed by atoms with Crippen molar-refractivity contribution < 1.29 is 61.9 Å². The highest BCUT2D eigenvalue weighted by Crippen LogP contribution is 2.38. The van der Waals surface area contributed by atoms with E-state index < -0.39 is 83.6 Å². The number of rotatable bonds is 12. The molecule has 2 rings (SSSR count). The number of halogens is 3. The van der Waals surface area contributed by atoms with E-state index in [4.69, 9.17) is 72.7 Å². The van der Waals surface area contributed by atoms with Crippen LogP contribution in [0.1, 0.15) is 34.6 Å². The predicted octanol–water partition coefficient (Wildman–Crippen LogP) is 1.28. The van der Waals surface area contributed by atoms with Crippen molar-refractivity contribution in [2.24, 2.45) is 0 Å². The second kappa shape index (κ2) is 15.4. The number of alkyl halides is 3. The fourth-order valence-electron chi connectivity index (χ4n) is 4.45. The lowest BCUT2D eigenvalue weighted by molar-refractivity contribution is -0.222. The molecule has 2 heterocycles. The summed E-state index contributed by atoms with van der Waals surface area (Å²) in [4.78, 5) is 58.7. The Morgan fingerprint density at radius 3 is 1.75 bits per heavy atom. The Balaban J connectivity index is 2.31. The van der Waals surface area contributed by atoms with Gasteiger partial charge < -0.3 is 37.9 Å². The molecule has 0 N–H and O–H groups in total. The molecule has 0 aromatic heterocycles. The fraction of sp³-hybridized carbons (Fsp3) is 0.792. The molecule has 0 aliphatic carbocycles. The lowest BCUT2D eigenvalue weighted by Gasteiger charge is -2.43. The third-order valence-corrected chi connectivity index (χ3v) is 7.22. The number of carbonyl (C=O) groups is 5. The largest absolute Gasteiger partial charge is 0.463 e. The van der Waals surface area contributed by atoms with Crippen LogP contribution in [0.3, 0.4) is 0 Å². The number of esters is 5. The zero-order valence-corrected chi connectivity index (χ0v) is 24.9. The molecule has 16 heteroatoms. The molecule has 0 bridgehead atoms. The van der Waals surface area contributed by atoms with Crippen LogP contribution in [0.2, 0.25) is 0 Å². The molecule has 13 nitrogen and oxygen atoms in total. The summed E-state index contributed by atoms with van der Waals surface area (Å²) in [6, 6.07) is 0. The Hall–Kier alpha value is -1.90. The van der Waals surface area contributed by atoms with E-state index >= 15 is 0 Å². The first kappa shape index (κ1) is 34.3. The van der Waals surface area contributed by atoms with Gasteiger partial charge in [-0.15, -0.1) is 34.8 Å². The van der Waals surface area contributed by atoms with E-state index in [2.05, 4.69) is 0 Å². The van der Waals surface area contributed by atoms with Crippen molar-refractivity contribution in [2.45, 2.75) is 88.3 Å². The van der Waals surface area contributed by atoms with Gasteiger partial charge in [0.1, 0.15) is 35.9 Å². The van der Waals surface area contributed by atoms with Gasteiger partial charge in [-0.25, -0.2) is 0 Å². The summed E-state index contributed by atoms with van der Waals surface area (Å²) in [7, 11) is 0. The molecule has 0 radical (unpaired) electrons. The average molecular weight is 636 g/mol. The van der Waals surface area contributed by atoms with Gasteiger partial charge in [-0.05, 0) is 0 Å². The van der Waals surface area contributed by atoms with Crippen LogP contribution in [0, 0.1) is 0 Å². The third kappa shape index (κ3) is 9.05. The monoisotopic (exact) mass is 634 g/mol. The van der Waals surface area contributed by atoms with Crippen molar-refractivity contribution in [2.75, 3.05) is 31.6 Å². The Morgan fingerprint density at radius 1 is 0.700 bits per heavy atom. The van der Waals surface area contributed by atoms with E-state index in [0.29, 0.717) is 0 Å². The first-order valence-electron chi connectivity index (χ1n) is 12.2. The molecule has 0 aromatic rings. The van der Waals surface area contributed by atoms with Gasteiger partial charge in [0.05, 0.1) is 25.0 Å². The zero-order valence-electron chi connectivity index (χ0n) is 22.6. The Morgan fingerprint density at radius 2 is 1.25 bits per heavy atom. The summed E-state index contributed by atoms with van der Waals surface area (Å²) in [5.74, 6) is -3.73. The topological polar surface area (TPSA) is 159 Å². The number of hydrogen-bond donors (Lipinski definition) is 0. The molecule has 0 aromatic carbocycles. The molecule has 0 spiro atoms. The van der Waals surface area contributed by atoms with Gasteiger partial charge in [0, 0.05) is 34.6 Å². The summed E-state index contributed by atoms with van der Waals surface area (Å²) >= 11 is 18.8. The van der Waals surface area contributed by atoms with Gasteiger partial charge in [-0.2, -0.15) is 0 Å². The van der Waals surface area contributed by atoms with Gasteiger partial charge in [0.25, 0.3) is 0 Å². The van der Waals surface area contributed by atoms with Crippen molar-refractivity contribution in [3.8, 4) is 0 Å². The van der Waals surface area contributed by atoms with Crippen molar-refractivity contribution in [1.29, 1.82) is 0 Å². The van der Waals surface area contributed by atoms with Crippen LogP contribution in [-0.4, -0.2) is 115 Å². The van der Waals surface area contributed by atoms with Gasteiger partial charge in [0.2, 0.25) is 0 Å². The molecule has 2 aliphatic heterocycles. The molecular weight excluding hydrogens is 603 g/mol. The van der Waals surface area contributed by atoms with Crippen LogP contribution >= 0.6 is 34.8 Å². The summed E-state index contributed by atoms with van der Waals surface area (Å²) in [5, 5.41) is -1.06. The maximum atomic E-state index is 11.9. The van der Waals surface area contributed by atoms with E-state index in [-0.39, 0.29) is 31.6 Å². The SMILES string of the molecule is CC(=O)OC[C@@H]1O[C@H](COC[C@]2(CCl)O[C@H](CCl)[C@H](OC(C)=O)[C@@H]2OC(C)=O)[C@H](OC(C)=O)[C@@H](OC(C)=O)[C@@H]1Cl. The van der Waals surface area contributed by atoms with E-state index in [1.165, 1.54) is 20.8 Å². The molecule has 0 amide bonds. The molecule has 228 valence electrons. The second-order valence-corrected chi connectivity index (χ2v) is 10.3. The van der Waals surface area contributed by atoms with Crippen LogP contribution in [0.5, 0.6) is 0 Å². The third-order valence-electron chi connectivity index (χ3n) is 5.93. The Labute approximate surface area is 246 Å². The molecule has 2 fully saturated rings. The van der Waals surface area contributed by atoms with Gasteiger partial charge in [0.15, 0.2) is 24.4 Å². The fourth-order valence-corrected chi connectivity index (χ4v) is 5.30. The van der Waals surface area contributed by atoms with E-state index in [1.54, 1.807) is 0 Å². The maximum Gasteiger partial charge on any atom is 0.303 e. The minimum absolute atomic E-state index is 0.117. The molecule has 40 heavy (non-hydrogen) atoms. The summed E-state index contributed by atoms with van der Waals surface area (Å²) in [6.07, 6.45) is -7.55. The first-order valence-corrected chi connectivity index (χ1v) is 13.7. The highest BCUT2D eigenvalue weighted by atomic mass is 35.5. The lowest BCUT2D eigenvalue weighted by atomic mass is 9.96. The molecular formula is C24H33Cl3O13.